The Labute approximate surface area is 176 Å². The second-order valence-electron chi connectivity index (χ2n) is 5.61. The Bertz CT molecular complexity index is 730. The summed E-state index contributed by atoms with van der Waals surface area (Å²) in [6, 6.07) is 11.9. The third-order valence-corrected chi connectivity index (χ3v) is 3.46. The van der Waals surface area contributed by atoms with Gasteiger partial charge in [0.25, 0.3) is 0 Å². The van der Waals surface area contributed by atoms with Crippen LogP contribution in [0, 0.1) is 5.82 Å². The first-order chi connectivity index (χ1) is 12.6. The molecule has 0 fully saturated rings. The fourth-order valence-corrected chi connectivity index (χ4v) is 2.20. The van der Waals surface area contributed by atoms with Crippen LogP contribution in [0.25, 0.3) is 0 Å². The molecule has 0 spiro atoms. The van der Waals surface area contributed by atoms with E-state index in [1.165, 1.54) is 6.07 Å². The summed E-state index contributed by atoms with van der Waals surface area (Å²) < 4.78 is 24.4. The summed E-state index contributed by atoms with van der Waals surface area (Å²) in [7, 11) is 1.58. The first-order valence-corrected chi connectivity index (χ1v) is 8.55. The topological polar surface area (TPSA) is 67.8 Å². The summed E-state index contributed by atoms with van der Waals surface area (Å²) in [5.41, 5.74) is 0.803. The van der Waals surface area contributed by atoms with Crippen LogP contribution in [0.2, 0.25) is 0 Å². The number of rotatable bonds is 8. The molecule has 2 N–H and O–H groups in total. The minimum absolute atomic E-state index is 0. The van der Waals surface area contributed by atoms with Gasteiger partial charge in [-0.3, -0.25) is 0 Å². The number of nitrogens with zero attached hydrogens (tertiary/aromatic N) is 2. The molecule has 1 aromatic heterocycles. The van der Waals surface area contributed by atoms with E-state index >= 15 is 0 Å². The van der Waals surface area contributed by atoms with Crippen molar-refractivity contribution < 1.29 is 13.9 Å². The molecule has 1 unspecified atom stereocenters. The molecule has 0 saturated heterocycles. The highest BCUT2D eigenvalue weighted by Gasteiger charge is 2.09. The Kier molecular flexibility index (Phi) is 10.5. The summed E-state index contributed by atoms with van der Waals surface area (Å²) in [5.74, 6) is 1.07. The molecule has 8 heteroatoms. The van der Waals surface area contributed by atoms with Crippen LogP contribution in [0.4, 0.5) is 4.39 Å². The molecule has 148 valence electrons. The largest absolute Gasteiger partial charge is 0.486 e. The van der Waals surface area contributed by atoms with E-state index < -0.39 is 0 Å². The third kappa shape index (κ3) is 7.98. The Morgan fingerprint density at radius 1 is 1.19 bits per heavy atom. The number of ether oxygens (including phenoxy) is 2. The van der Waals surface area contributed by atoms with Gasteiger partial charge in [-0.25, -0.2) is 14.4 Å². The van der Waals surface area contributed by atoms with Gasteiger partial charge < -0.3 is 20.1 Å². The molecule has 1 aromatic carbocycles. The number of para-hydroxylation sites is 1. The van der Waals surface area contributed by atoms with Gasteiger partial charge in [0, 0.05) is 12.6 Å². The van der Waals surface area contributed by atoms with E-state index in [1.807, 2.05) is 26.0 Å². The van der Waals surface area contributed by atoms with E-state index in [2.05, 4.69) is 20.6 Å². The van der Waals surface area contributed by atoms with Gasteiger partial charge in [0.1, 0.15) is 6.10 Å². The van der Waals surface area contributed by atoms with E-state index in [0.717, 1.165) is 12.2 Å². The minimum atomic E-state index is -0.371. The summed E-state index contributed by atoms with van der Waals surface area (Å²) >= 11 is 0. The van der Waals surface area contributed by atoms with Crippen molar-refractivity contribution in [3.05, 3.63) is 54.0 Å². The average Bonchev–Trinajstić information content (AvgIpc) is 2.66. The first kappa shape index (κ1) is 22.9. The van der Waals surface area contributed by atoms with Gasteiger partial charge in [0.05, 0.1) is 25.9 Å². The molecular formula is C19H26FIN4O2. The van der Waals surface area contributed by atoms with Gasteiger partial charge in [-0.05, 0) is 32.0 Å². The minimum Gasteiger partial charge on any atom is -0.486 e. The Hall–Kier alpha value is -2.10. The van der Waals surface area contributed by atoms with Crippen molar-refractivity contribution in [3.8, 4) is 11.6 Å². The molecule has 6 nitrogen and oxygen atoms in total. The average molecular weight is 488 g/mol. The second kappa shape index (κ2) is 12.3. The number of nitrogens with one attached hydrogen (secondary N) is 2. The Balaban J connectivity index is 0.00000364. The second-order valence-corrected chi connectivity index (χ2v) is 5.61. The lowest BCUT2D eigenvalue weighted by Crippen LogP contribution is -2.41. The van der Waals surface area contributed by atoms with Crippen LogP contribution >= 0.6 is 24.0 Å². The van der Waals surface area contributed by atoms with Crippen molar-refractivity contribution in [2.45, 2.75) is 26.5 Å². The number of guanidine groups is 1. The maximum atomic E-state index is 13.6. The van der Waals surface area contributed by atoms with Gasteiger partial charge in [-0.2, -0.15) is 0 Å². The smallest absolute Gasteiger partial charge is 0.213 e. The zero-order chi connectivity index (χ0) is 18.8. The zero-order valence-corrected chi connectivity index (χ0v) is 18.1. The van der Waals surface area contributed by atoms with Gasteiger partial charge >= 0.3 is 0 Å². The fourth-order valence-electron chi connectivity index (χ4n) is 2.20. The summed E-state index contributed by atoms with van der Waals surface area (Å²) in [5, 5.41) is 6.35. The number of aliphatic imine (C=N–C) groups is 1. The molecular weight excluding hydrogens is 462 g/mol. The lowest BCUT2D eigenvalue weighted by atomic mass is 10.3. The predicted molar refractivity (Wildman–Crippen MR) is 116 cm³/mol. The molecule has 0 aliphatic rings. The highest BCUT2D eigenvalue weighted by atomic mass is 127. The van der Waals surface area contributed by atoms with Crippen LogP contribution in [0.3, 0.4) is 0 Å². The first-order valence-electron chi connectivity index (χ1n) is 8.55. The van der Waals surface area contributed by atoms with Gasteiger partial charge in [0.15, 0.2) is 17.5 Å². The highest BCUT2D eigenvalue weighted by Crippen LogP contribution is 2.16. The SMILES string of the molecule is CCNC(=NCc1cccc(OC)n1)NCC(C)Oc1ccccc1F.I. The van der Waals surface area contributed by atoms with Crippen LogP contribution in [0.15, 0.2) is 47.5 Å². The highest BCUT2D eigenvalue weighted by molar-refractivity contribution is 14.0. The van der Waals surface area contributed by atoms with E-state index in [0.29, 0.717) is 24.9 Å². The number of methoxy groups -OCH3 is 1. The third-order valence-electron chi connectivity index (χ3n) is 3.46. The fraction of sp³-hybridized carbons (Fsp3) is 0.368. The van der Waals surface area contributed by atoms with Crippen LogP contribution in [-0.2, 0) is 6.54 Å². The maximum Gasteiger partial charge on any atom is 0.213 e. The summed E-state index contributed by atoms with van der Waals surface area (Å²) in [6.07, 6.45) is -0.231. The summed E-state index contributed by atoms with van der Waals surface area (Å²) in [4.78, 5) is 8.84. The van der Waals surface area contributed by atoms with Gasteiger partial charge in [0.2, 0.25) is 5.88 Å². The number of halogens is 2. The molecule has 1 atom stereocenters. The van der Waals surface area contributed by atoms with Crippen LogP contribution in [0.1, 0.15) is 19.5 Å². The molecule has 0 saturated carbocycles. The van der Waals surface area contributed by atoms with Crippen molar-refractivity contribution in [1.82, 2.24) is 15.6 Å². The Morgan fingerprint density at radius 3 is 2.67 bits per heavy atom. The maximum absolute atomic E-state index is 13.6. The number of hydrogen-bond donors (Lipinski definition) is 2. The van der Waals surface area contributed by atoms with Crippen LogP contribution in [-0.4, -0.2) is 37.2 Å². The molecule has 2 aromatic rings. The lowest BCUT2D eigenvalue weighted by molar-refractivity contribution is 0.214. The lowest BCUT2D eigenvalue weighted by Gasteiger charge is -2.18. The van der Waals surface area contributed by atoms with E-state index in [1.54, 1.807) is 31.4 Å². The normalized spacial score (nSPS) is 11.9. The quantitative estimate of drug-likeness (QED) is 0.339. The van der Waals surface area contributed by atoms with Crippen molar-refractivity contribution in [2.24, 2.45) is 4.99 Å². The van der Waals surface area contributed by atoms with Crippen molar-refractivity contribution in [3.63, 3.8) is 0 Å². The van der Waals surface area contributed by atoms with Crippen LogP contribution < -0.4 is 20.1 Å². The van der Waals surface area contributed by atoms with Crippen molar-refractivity contribution in [2.75, 3.05) is 20.2 Å². The van der Waals surface area contributed by atoms with E-state index in [-0.39, 0.29) is 41.6 Å². The molecule has 0 aliphatic heterocycles. The van der Waals surface area contributed by atoms with Gasteiger partial charge in [-0.15, -0.1) is 24.0 Å². The predicted octanol–water partition coefficient (Wildman–Crippen LogP) is 3.37. The molecule has 0 amide bonds. The van der Waals surface area contributed by atoms with Crippen molar-refractivity contribution >= 4 is 29.9 Å². The van der Waals surface area contributed by atoms with Crippen LogP contribution in [0.5, 0.6) is 11.6 Å². The standard InChI is InChI=1S/C19H25FN4O2.HI/c1-4-21-19(23-13-15-8-7-11-18(24-15)25-3)22-12-14(2)26-17-10-6-5-9-16(17)20;/h5-11,14H,4,12-13H2,1-3H3,(H2,21,22,23);1H. The molecule has 0 aliphatic carbocycles. The molecule has 27 heavy (non-hydrogen) atoms. The zero-order valence-electron chi connectivity index (χ0n) is 15.7. The number of hydrogen-bond acceptors (Lipinski definition) is 4. The summed E-state index contributed by atoms with van der Waals surface area (Å²) in [6.45, 7) is 5.47. The van der Waals surface area contributed by atoms with Gasteiger partial charge in [-0.1, -0.05) is 18.2 Å². The van der Waals surface area contributed by atoms with Crippen molar-refractivity contribution in [1.29, 1.82) is 0 Å². The number of aromatic nitrogens is 1. The molecule has 1 heterocycles. The Morgan fingerprint density at radius 2 is 1.96 bits per heavy atom. The number of benzene rings is 1. The monoisotopic (exact) mass is 488 g/mol. The number of pyridine rings is 1. The molecule has 0 bridgehead atoms. The molecule has 2 rings (SSSR count). The molecule has 0 radical (unpaired) electrons. The van der Waals surface area contributed by atoms with E-state index in [4.69, 9.17) is 9.47 Å². The van der Waals surface area contributed by atoms with E-state index in [9.17, 15) is 4.39 Å².